The Bertz CT molecular complexity index is 630. The molecule has 128 valence electrons. The van der Waals surface area contributed by atoms with E-state index in [-0.39, 0.29) is 12.0 Å². The number of morpholine rings is 1. The average molecular weight is 328 g/mol. The third-order valence-corrected chi connectivity index (χ3v) is 4.27. The van der Waals surface area contributed by atoms with Crippen LogP contribution in [0, 0.1) is 0 Å². The monoisotopic (exact) mass is 328 g/mol. The molecule has 6 nitrogen and oxygen atoms in total. The van der Waals surface area contributed by atoms with Crippen LogP contribution < -0.4 is 0 Å². The van der Waals surface area contributed by atoms with E-state index in [2.05, 4.69) is 22.1 Å². The van der Waals surface area contributed by atoms with Crippen LogP contribution in [0.25, 0.3) is 0 Å². The van der Waals surface area contributed by atoms with E-state index in [0.29, 0.717) is 26.2 Å². The van der Waals surface area contributed by atoms with Gasteiger partial charge in [-0.15, -0.1) is 0 Å². The molecule has 1 aromatic heterocycles. The van der Waals surface area contributed by atoms with Crippen LogP contribution in [-0.2, 0) is 22.6 Å². The zero-order valence-electron chi connectivity index (χ0n) is 14.0. The van der Waals surface area contributed by atoms with Crippen molar-refractivity contribution in [3.05, 3.63) is 54.4 Å². The molecule has 1 fully saturated rings. The topological polar surface area (TPSA) is 50.6 Å². The summed E-state index contributed by atoms with van der Waals surface area (Å²) in [6.45, 7) is 4.26. The molecular weight excluding hydrogens is 304 g/mol. The Labute approximate surface area is 142 Å². The van der Waals surface area contributed by atoms with Gasteiger partial charge in [0, 0.05) is 45.6 Å². The van der Waals surface area contributed by atoms with E-state index in [4.69, 9.17) is 4.74 Å². The summed E-state index contributed by atoms with van der Waals surface area (Å²) in [7, 11) is 1.82. The van der Waals surface area contributed by atoms with E-state index < -0.39 is 0 Å². The molecule has 3 rings (SSSR count). The second-order valence-corrected chi connectivity index (χ2v) is 6.11. The molecule has 2 heterocycles. The standard InChI is InChI=1S/C18H24N4O2/c1-20(10-11-22-9-5-8-19-22)18(23)17-15-21(12-13-24-17)14-16-6-3-2-4-7-16/h2-9,17H,10-15H2,1H3/t17-/m1/s1. The number of aromatic nitrogens is 2. The maximum atomic E-state index is 12.6. The first-order valence-electron chi connectivity index (χ1n) is 8.32. The van der Waals surface area contributed by atoms with Gasteiger partial charge in [0.1, 0.15) is 6.10 Å². The number of nitrogens with zero attached hydrogens (tertiary/aromatic N) is 4. The smallest absolute Gasteiger partial charge is 0.252 e. The lowest BCUT2D eigenvalue weighted by molar-refractivity contribution is -0.148. The number of carbonyl (C=O) groups excluding carboxylic acids is 1. The van der Waals surface area contributed by atoms with Crippen LogP contribution in [0.4, 0.5) is 0 Å². The minimum absolute atomic E-state index is 0.0416. The summed E-state index contributed by atoms with van der Waals surface area (Å²) in [5.41, 5.74) is 1.26. The van der Waals surface area contributed by atoms with E-state index in [1.165, 1.54) is 5.56 Å². The zero-order valence-corrected chi connectivity index (χ0v) is 14.0. The van der Waals surface area contributed by atoms with Crippen LogP contribution in [0.2, 0.25) is 0 Å². The Morgan fingerprint density at radius 2 is 2.17 bits per heavy atom. The van der Waals surface area contributed by atoms with Gasteiger partial charge in [0.2, 0.25) is 0 Å². The highest BCUT2D eigenvalue weighted by Crippen LogP contribution is 2.12. The van der Waals surface area contributed by atoms with Crippen molar-refractivity contribution in [1.29, 1.82) is 0 Å². The average Bonchev–Trinajstić information content (AvgIpc) is 3.14. The molecule has 1 aromatic carbocycles. The fourth-order valence-electron chi connectivity index (χ4n) is 2.88. The van der Waals surface area contributed by atoms with E-state index >= 15 is 0 Å². The van der Waals surface area contributed by atoms with Gasteiger partial charge in [-0.3, -0.25) is 14.4 Å². The Morgan fingerprint density at radius 3 is 2.92 bits per heavy atom. The second kappa shape index (κ2) is 8.08. The van der Waals surface area contributed by atoms with Crippen molar-refractivity contribution in [2.75, 3.05) is 33.3 Å². The summed E-state index contributed by atoms with van der Waals surface area (Å²) < 4.78 is 7.54. The molecule has 6 heteroatoms. The second-order valence-electron chi connectivity index (χ2n) is 6.11. The first-order chi connectivity index (χ1) is 11.7. The van der Waals surface area contributed by atoms with Gasteiger partial charge in [0.25, 0.3) is 5.91 Å². The van der Waals surface area contributed by atoms with E-state index in [1.54, 1.807) is 11.1 Å². The lowest BCUT2D eigenvalue weighted by Crippen LogP contribution is -2.50. The quantitative estimate of drug-likeness (QED) is 0.801. The Hall–Kier alpha value is -2.18. The fraction of sp³-hybridized carbons (Fsp3) is 0.444. The summed E-state index contributed by atoms with van der Waals surface area (Å²) in [6.07, 6.45) is 3.26. The van der Waals surface area contributed by atoms with Gasteiger partial charge in [0.05, 0.1) is 13.2 Å². The molecule has 0 aliphatic carbocycles. The van der Waals surface area contributed by atoms with E-state index in [9.17, 15) is 4.79 Å². The molecule has 24 heavy (non-hydrogen) atoms. The van der Waals surface area contributed by atoms with Gasteiger partial charge >= 0.3 is 0 Å². The van der Waals surface area contributed by atoms with E-state index in [0.717, 1.165) is 13.1 Å². The van der Waals surface area contributed by atoms with E-state index in [1.807, 2.05) is 42.2 Å². The Kier molecular flexibility index (Phi) is 5.61. The molecule has 1 saturated heterocycles. The first kappa shape index (κ1) is 16.7. The summed E-state index contributed by atoms with van der Waals surface area (Å²) in [5.74, 6) is 0.0416. The van der Waals surface area contributed by atoms with Crippen LogP contribution >= 0.6 is 0 Å². The highest BCUT2D eigenvalue weighted by Gasteiger charge is 2.28. The molecule has 1 aliphatic rings. The molecule has 1 amide bonds. The molecule has 0 saturated carbocycles. The first-order valence-corrected chi connectivity index (χ1v) is 8.32. The number of hydrogen-bond acceptors (Lipinski definition) is 4. The van der Waals surface area contributed by atoms with Crippen LogP contribution in [0.15, 0.2) is 48.8 Å². The molecule has 1 aliphatic heterocycles. The van der Waals surface area contributed by atoms with Crippen molar-refractivity contribution in [1.82, 2.24) is 19.6 Å². The number of likely N-dealkylation sites (N-methyl/N-ethyl adjacent to an activating group) is 1. The maximum Gasteiger partial charge on any atom is 0.252 e. The highest BCUT2D eigenvalue weighted by molar-refractivity contribution is 5.81. The van der Waals surface area contributed by atoms with Crippen LogP contribution in [-0.4, -0.2) is 64.9 Å². The Morgan fingerprint density at radius 1 is 1.33 bits per heavy atom. The summed E-state index contributed by atoms with van der Waals surface area (Å²) in [5, 5.41) is 4.16. The maximum absolute atomic E-state index is 12.6. The largest absolute Gasteiger partial charge is 0.366 e. The molecule has 0 N–H and O–H groups in total. The van der Waals surface area contributed by atoms with Crippen LogP contribution in [0.5, 0.6) is 0 Å². The normalized spacial score (nSPS) is 18.5. The molecule has 0 spiro atoms. The SMILES string of the molecule is CN(CCn1cccn1)C(=O)[C@H]1CN(Cc2ccccc2)CCO1. The molecule has 0 radical (unpaired) electrons. The molecule has 2 aromatic rings. The van der Waals surface area contributed by atoms with Crippen molar-refractivity contribution < 1.29 is 9.53 Å². The highest BCUT2D eigenvalue weighted by atomic mass is 16.5. The van der Waals surface area contributed by atoms with Crippen LogP contribution in [0.3, 0.4) is 0 Å². The number of carbonyl (C=O) groups is 1. The van der Waals surface area contributed by atoms with Crippen molar-refractivity contribution in [2.24, 2.45) is 0 Å². The summed E-state index contributed by atoms with van der Waals surface area (Å²) >= 11 is 0. The lowest BCUT2D eigenvalue weighted by Gasteiger charge is -2.34. The third-order valence-electron chi connectivity index (χ3n) is 4.27. The number of benzene rings is 1. The minimum Gasteiger partial charge on any atom is -0.366 e. The van der Waals surface area contributed by atoms with Gasteiger partial charge in [-0.25, -0.2) is 0 Å². The molecular formula is C18H24N4O2. The predicted octanol–water partition coefficient (Wildman–Crippen LogP) is 1.24. The van der Waals surface area contributed by atoms with Crippen LogP contribution in [0.1, 0.15) is 5.56 Å². The van der Waals surface area contributed by atoms with Gasteiger partial charge in [-0.05, 0) is 11.6 Å². The molecule has 0 bridgehead atoms. The predicted molar refractivity (Wildman–Crippen MR) is 91.3 cm³/mol. The third kappa shape index (κ3) is 4.43. The number of rotatable bonds is 6. The summed E-state index contributed by atoms with van der Waals surface area (Å²) in [4.78, 5) is 16.6. The fourth-order valence-corrected chi connectivity index (χ4v) is 2.88. The van der Waals surface area contributed by atoms with Crippen molar-refractivity contribution in [3.63, 3.8) is 0 Å². The summed E-state index contributed by atoms with van der Waals surface area (Å²) in [6, 6.07) is 12.2. The number of ether oxygens (including phenoxy) is 1. The van der Waals surface area contributed by atoms with Gasteiger partial charge in [-0.2, -0.15) is 5.10 Å². The zero-order chi connectivity index (χ0) is 16.8. The lowest BCUT2D eigenvalue weighted by atomic mass is 10.2. The van der Waals surface area contributed by atoms with Crippen molar-refractivity contribution in [2.45, 2.75) is 19.2 Å². The van der Waals surface area contributed by atoms with Crippen molar-refractivity contribution in [3.8, 4) is 0 Å². The Balaban J connectivity index is 1.50. The van der Waals surface area contributed by atoms with Crippen molar-refractivity contribution >= 4 is 5.91 Å². The number of amides is 1. The van der Waals surface area contributed by atoms with Gasteiger partial charge in [0.15, 0.2) is 0 Å². The minimum atomic E-state index is -0.384. The number of hydrogen-bond donors (Lipinski definition) is 0. The molecule has 0 unspecified atom stereocenters. The van der Waals surface area contributed by atoms with Gasteiger partial charge in [-0.1, -0.05) is 30.3 Å². The van der Waals surface area contributed by atoms with Gasteiger partial charge < -0.3 is 9.64 Å². The molecule has 1 atom stereocenters.